The van der Waals surface area contributed by atoms with Gasteiger partial charge in [-0.15, -0.1) is 0 Å². The van der Waals surface area contributed by atoms with E-state index in [1.54, 1.807) is 24.3 Å². The summed E-state index contributed by atoms with van der Waals surface area (Å²) in [5, 5.41) is 3.48. The van der Waals surface area contributed by atoms with Crippen molar-refractivity contribution in [3.63, 3.8) is 0 Å². The lowest BCUT2D eigenvalue weighted by molar-refractivity contribution is -0.151. The van der Waals surface area contributed by atoms with Gasteiger partial charge >= 0.3 is 18.1 Å². The predicted molar refractivity (Wildman–Crippen MR) is 97.2 cm³/mol. The van der Waals surface area contributed by atoms with E-state index in [4.69, 9.17) is 4.74 Å². The van der Waals surface area contributed by atoms with E-state index in [1.807, 2.05) is 0 Å². The minimum Gasteiger partial charge on any atom is -0.466 e. The van der Waals surface area contributed by atoms with Crippen LogP contribution in [0.3, 0.4) is 0 Å². The molecule has 7 nitrogen and oxygen atoms in total. The van der Waals surface area contributed by atoms with Crippen LogP contribution in [0.15, 0.2) is 61.1 Å². The number of halogens is 3. The zero-order valence-electron chi connectivity index (χ0n) is 15.7. The maximum atomic E-state index is 12.7. The summed E-state index contributed by atoms with van der Waals surface area (Å²) in [6.07, 6.45) is -1.76. The molecule has 0 aliphatic rings. The molecule has 0 aliphatic carbocycles. The lowest BCUT2D eigenvalue weighted by Crippen LogP contribution is -2.21. The van der Waals surface area contributed by atoms with Gasteiger partial charge in [0, 0.05) is 24.2 Å². The highest BCUT2D eigenvalue weighted by molar-refractivity contribution is 5.91. The third-order valence-electron chi connectivity index (χ3n) is 4.07. The minimum atomic E-state index is -4.54. The van der Waals surface area contributed by atoms with Crippen LogP contribution >= 0.6 is 0 Å². The summed E-state index contributed by atoms with van der Waals surface area (Å²) < 4.78 is 49.2. The third kappa shape index (κ3) is 5.02. The second-order valence-electron chi connectivity index (χ2n) is 6.19. The highest BCUT2D eigenvalue weighted by Gasteiger charge is 2.33. The Kier molecular flexibility index (Phi) is 6.14. The van der Waals surface area contributed by atoms with E-state index >= 15 is 0 Å². The largest absolute Gasteiger partial charge is 0.466 e. The maximum absolute atomic E-state index is 12.7. The Hall–Kier alpha value is -3.69. The summed E-state index contributed by atoms with van der Waals surface area (Å²) in [6, 6.07) is 10.1. The second kappa shape index (κ2) is 8.76. The molecule has 0 bridgehead atoms. The predicted octanol–water partition coefficient (Wildman–Crippen LogP) is 3.42. The van der Waals surface area contributed by atoms with E-state index < -0.39 is 29.9 Å². The SMILES string of the molecule is COC(=O)[C@@H](OC(=O)c1cccc(Cn2ccc(C(F)(F)F)n2)c1)c1cccnc1. The van der Waals surface area contributed by atoms with Gasteiger partial charge in [0.1, 0.15) is 0 Å². The van der Waals surface area contributed by atoms with Gasteiger partial charge in [-0.1, -0.05) is 18.2 Å². The monoisotopic (exact) mass is 419 g/mol. The first-order chi connectivity index (χ1) is 14.3. The van der Waals surface area contributed by atoms with Crippen molar-refractivity contribution in [1.82, 2.24) is 14.8 Å². The number of ether oxygens (including phenoxy) is 2. The van der Waals surface area contributed by atoms with E-state index in [0.717, 1.165) is 10.7 Å². The molecular formula is C20H16F3N3O4. The fourth-order valence-corrected chi connectivity index (χ4v) is 2.65. The lowest BCUT2D eigenvalue weighted by Gasteiger charge is -2.16. The van der Waals surface area contributed by atoms with Crippen molar-refractivity contribution in [2.75, 3.05) is 7.11 Å². The summed E-state index contributed by atoms with van der Waals surface area (Å²) >= 11 is 0. The standard InChI is InChI=1S/C20H16F3N3O4/c1-29-19(28)17(15-6-3-8-24-11-15)30-18(27)14-5-2-4-13(10-14)12-26-9-7-16(25-26)20(21,22)23/h2-11,17H,12H2,1H3/t17-/m0/s1. The normalized spacial score (nSPS) is 12.3. The van der Waals surface area contributed by atoms with Crippen LogP contribution in [-0.2, 0) is 27.0 Å². The van der Waals surface area contributed by atoms with E-state index in [0.29, 0.717) is 11.1 Å². The third-order valence-corrected chi connectivity index (χ3v) is 4.07. The van der Waals surface area contributed by atoms with Crippen LogP contribution in [-0.4, -0.2) is 33.8 Å². The van der Waals surface area contributed by atoms with E-state index in [2.05, 4.69) is 14.8 Å². The molecule has 0 saturated heterocycles. The maximum Gasteiger partial charge on any atom is 0.435 e. The Balaban J connectivity index is 1.76. The molecule has 3 aromatic rings. The molecule has 2 heterocycles. The van der Waals surface area contributed by atoms with E-state index in [9.17, 15) is 22.8 Å². The fraction of sp³-hybridized carbons (Fsp3) is 0.200. The van der Waals surface area contributed by atoms with Crippen LogP contribution in [0.4, 0.5) is 13.2 Å². The van der Waals surface area contributed by atoms with Gasteiger partial charge in [0.2, 0.25) is 6.10 Å². The summed E-state index contributed by atoms with van der Waals surface area (Å²) in [4.78, 5) is 28.5. The summed E-state index contributed by atoms with van der Waals surface area (Å²) in [7, 11) is 1.17. The van der Waals surface area contributed by atoms with Crippen molar-refractivity contribution in [3.8, 4) is 0 Å². The zero-order valence-corrected chi connectivity index (χ0v) is 15.7. The quantitative estimate of drug-likeness (QED) is 0.570. The van der Waals surface area contributed by atoms with Crippen LogP contribution in [0.5, 0.6) is 0 Å². The lowest BCUT2D eigenvalue weighted by atomic mass is 10.1. The van der Waals surface area contributed by atoms with Gasteiger partial charge in [-0.3, -0.25) is 9.67 Å². The minimum absolute atomic E-state index is 0.0141. The molecule has 30 heavy (non-hydrogen) atoms. The molecular weight excluding hydrogens is 403 g/mol. The molecule has 0 radical (unpaired) electrons. The van der Waals surface area contributed by atoms with Gasteiger partial charge in [0.05, 0.1) is 19.2 Å². The highest BCUT2D eigenvalue weighted by atomic mass is 19.4. The molecule has 1 atom stereocenters. The van der Waals surface area contributed by atoms with Gasteiger partial charge < -0.3 is 9.47 Å². The molecule has 0 saturated carbocycles. The molecule has 156 valence electrons. The number of hydrogen-bond donors (Lipinski definition) is 0. The topological polar surface area (TPSA) is 83.3 Å². The number of aromatic nitrogens is 3. The molecule has 0 spiro atoms. The van der Waals surface area contributed by atoms with Crippen molar-refractivity contribution in [1.29, 1.82) is 0 Å². The van der Waals surface area contributed by atoms with Gasteiger partial charge in [-0.25, -0.2) is 9.59 Å². The number of pyridine rings is 1. The molecule has 3 rings (SSSR count). The van der Waals surface area contributed by atoms with Gasteiger partial charge in [-0.2, -0.15) is 18.3 Å². The Morgan fingerprint density at radius 1 is 1.17 bits per heavy atom. The fourth-order valence-electron chi connectivity index (χ4n) is 2.65. The summed E-state index contributed by atoms with van der Waals surface area (Å²) in [5.74, 6) is -1.57. The number of methoxy groups -OCH3 is 1. The van der Waals surface area contributed by atoms with Crippen molar-refractivity contribution >= 4 is 11.9 Å². The Morgan fingerprint density at radius 3 is 2.60 bits per heavy atom. The van der Waals surface area contributed by atoms with Crippen LogP contribution in [0, 0.1) is 0 Å². The number of rotatable bonds is 6. The number of nitrogens with zero attached hydrogens (tertiary/aromatic N) is 3. The van der Waals surface area contributed by atoms with E-state index in [-0.39, 0.29) is 12.1 Å². The van der Waals surface area contributed by atoms with Crippen molar-refractivity contribution in [3.05, 3.63) is 83.4 Å². The molecule has 1 aromatic carbocycles. The molecule has 0 fully saturated rings. The Morgan fingerprint density at radius 2 is 1.97 bits per heavy atom. The number of carbonyl (C=O) groups excluding carboxylic acids is 2. The smallest absolute Gasteiger partial charge is 0.435 e. The van der Waals surface area contributed by atoms with Crippen LogP contribution in [0.25, 0.3) is 0 Å². The number of esters is 2. The molecule has 0 amide bonds. The van der Waals surface area contributed by atoms with Crippen LogP contribution in [0.2, 0.25) is 0 Å². The van der Waals surface area contributed by atoms with Crippen molar-refractivity contribution in [2.45, 2.75) is 18.8 Å². The number of alkyl halides is 3. The molecule has 0 N–H and O–H groups in total. The van der Waals surface area contributed by atoms with Crippen LogP contribution in [0.1, 0.15) is 33.3 Å². The van der Waals surface area contributed by atoms with Gasteiger partial charge in [0.25, 0.3) is 0 Å². The zero-order chi connectivity index (χ0) is 21.7. The molecule has 10 heteroatoms. The summed E-state index contributed by atoms with van der Waals surface area (Å²) in [6.45, 7) is 0.0141. The first-order valence-corrected chi connectivity index (χ1v) is 8.66. The van der Waals surface area contributed by atoms with E-state index in [1.165, 1.54) is 37.8 Å². The summed E-state index contributed by atoms with van der Waals surface area (Å²) in [5.41, 5.74) is -0.0219. The second-order valence-corrected chi connectivity index (χ2v) is 6.19. The number of benzene rings is 1. The first kappa shape index (κ1) is 21.0. The van der Waals surface area contributed by atoms with Crippen molar-refractivity contribution in [2.24, 2.45) is 0 Å². The Labute approximate surface area is 169 Å². The average Bonchev–Trinajstić information content (AvgIpc) is 3.21. The molecule has 0 aliphatic heterocycles. The van der Waals surface area contributed by atoms with Gasteiger partial charge in [0.15, 0.2) is 5.69 Å². The number of carbonyl (C=O) groups is 2. The number of hydrogen-bond acceptors (Lipinski definition) is 6. The molecule has 2 aromatic heterocycles. The average molecular weight is 419 g/mol. The van der Waals surface area contributed by atoms with Crippen LogP contribution < -0.4 is 0 Å². The first-order valence-electron chi connectivity index (χ1n) is 8.66. The molecule has 0 unspecified atom stereocenters. The van der Waals surface area contributed by atoms with Gasteiger partial charge in [-0.05, 0) is 29.8 Å². The highest BCUT2D eigenvalue weighted by Crippen LogP contribution is 2.27. The Bertz CT molecular complexity index is 1040. The van der Waals surface area contributed by atoms with Crippen molar-refractivity contribution < 1.29 is 32.2 Å².